The highest BCUT2D eigenvalue weighted by atomic mass is 79.9. The molecule has 0 aliphatic carbocycles. The molecule has 412 valence electrons. The number of hydrogen-bond donors (Lipinski definition) is 1. The van der Waals surface area contributed by atoms with Gasteiger partial charge >= 0.3 is 20.4 Å². The van der Waals surface area contributed by atoms with Crippen molar-refractivity contribution in [1.29, 1.82) is 0 Å². The van der Waals surface area contributed by atoms with Crippen LogP contribution < -0.4 is 22.8 Å². The fourth-order valence-corrected chi connectivity index (χ4v) is 15.1. The number of ether oxygens (including phenoxy) is 2. The van der Waals surface area contributed by atoms with Crippen LogP contribution in [0.5, 0.6) is 11.5 Å². The van der Waals surface area contributed by atoms with Gasteiger partial charge in [0.05, 0.1) is 46.9 Å². The minimum absolute atomic E-state index is 0.103. The molecule has 0 unspecified atom stereocenters. The molecule has 0 bridgehead atoms. The van der Waals surface area contributed by atoms with Crippen molar-refractivity contribution in [3.8, 4) is 11.5 Å². The average molecular weight is 1160 g/mol. The van der Waals surface area contributed by atoms with Crippen LogP contribution >= 0.6 is 15.9 Å². The molecule has 4 aliphatic rings. The summed E-state index contributed by atoms with van der Waals surface area (Å²) in [5.41, 5.74) is 3.69. The highest BCUT2D eigenvalue weighted by molar-refractivity contribution is 9.08. The van der Waals surface area contributed by atoms with Gasteiger partial charge in [0, 0.05) is 75.3 Å². The van der Waals surface area contributed by atoms with Crippen LogP contribution in [0.4, 0.5) is 20.2 Å². The summed E-state index contributed by atoms with van der Waals surface area (Å²) >= 11 is 3.32. The van der Waals surface area contributed by atoms with E-state index in [1.807, 2.05) is 88.5 Å². The van der Waals surface area contributed by atoms with Crippen molar-refractivity contribution >= 4 is 47.7 Å². The summed E-state index contributed by atoms with van der Waals surface area (Å²) in [5.74, 6) is 0.814. The molecule has 0 saturated carbocycles. The molecule has 4 aromatic carbocycles. The molecule has 6 heterocycles. The van der Waals surface area contributed by atoms with Crippen molar-refractivity contribution in [2.75, 3.05) is 34.8 Å². The van der Waals surface area contributed by atoms with E-state index >= 15 is 0 Å². The van der Waals surface area contributed by atoms with Crippen molar-refractivity contribution in [1.82, 2.24) is 28.8 Å². The van der Waals surface area contributed by atoms with E-state index in [4.69, 9.17) is 9.47 Å². The van der Waals surface area contributed by atoms with E-state index in [9.17, 15) is 25.6 Å². The lowest BCUT2D eigenvalue weighted by molar-refractivity contribution is 0.0982. The van der Waals surface area contributed by atoms with Crippen LogP contribution in [0.15, 0.2) is 146 Å². The van der Waals surface area contributed by atoms with Gasteiger partial charge in [-0.25, -0.2) is 13.1 Å². The summed E-state index contributed by atoms with van der Waals surface area (Å²) in [5, 5.41) is 0.890. The van der Waals surface area contributed by atoms with Gasteiger partial charge in [-0.1, -0.05) is 64.5 Å². The van der Waals surface area contributed by atoms with E-state index in [0.29, 0.717) is 55.8 Å². The summed E-state index contributed by atoms with van der Waals surface area (Å²) in [6.07, 6.45) is 8.10. The van der Waals surface area contributed by atoms with Crippen molar-refractivity contribution in [2.45, 2.75) is 128 Å². The lowest BCUT2D eigenvalue weighted by Crippen LogP contribution is -2.57. The molecule has 14 nitrogen and oxygen atoms in total. The van der Waals surface area contributed by atoms with Gasteiger partial charge in [0.25, 0.3) is 0 Å². The highest BCUT2D eigenvalue weighted by Crippen LogP contribution is 2.46. The molecule has 2 spiro atoms. The fraction of sp³-hybridized carbons (Fsp3) is 0.414. The maximum atomic E-state index is 14.3. The minimum Gasteiger partial charge on any atom is -0.491 e. The number of pyridine rings is 2. The molecule has 2 aromatic heterocycles. The van der Waals surface area contributed by atoms with Gasteiger partial charge in [-0.2, -0.15) is 25.9 Å². The topological polar surface area (TPSA) is 141 Å². The van der Waals surface area contributed by atoms with Gasteiger partial charge in [-0.15, -0.1) is 0 Å². The third kappa shape index (κ3) is 14.2. The van der Waals surface area contributed by atoms with Gasteiger partial charge in [0.1, 0.15) is 23.1 Å². The Hall–Kier alpha value is -5.54. The zero-order chi connectivity index (χ0) is 55.0. The molecule has 6 aromatic rings. The first kappa shape index (κ1) is 57.6. The monoisotopic (exact) mass is 1160 g/mol. The third-order valence-corrected chi connectivity index (χ3v) is 18.6. The lowest BCUT2D eigenvalue weighted by Gasteiger charge is -2.47. The smallest absolute Gasteiger partial charge is 0.305 e. The molecular formula is C58H71BrF2N8O6S2. The van der Waals surface area contributed by atoms with Crippen LogP contribution in [0.25, 0.3) is 0 Å². The Bertz CT molecular complexity index is 3130. The van der Waals surface area contributed by atoms with Gasteiger partial charge in [-0.05, 0) is 163 Å². The Kier molecular flexibility index (Phi) is 18.8. The van der Waals surface area contributed by atoms with Crippen LogP contribution in [-0.4, -0.2) is 102 Å². The summed E-state index contributed by atoms with van der Waals surface area (Å²) in [6.45, 7) is 16.1. The number of nitrogens with one attached hydrogen (secondary N) is 1. The average Bonchev–Trinajstić information content (AvgIpc) is 4.04. The van der Waals surface area contributed by atoms with E-state index in [-0.39, 0.29) is 30.8 Å². The first-order chi connectivity index (χ1) is 36.8. The van der Waals surface area contributed by atoms with Crippen molar-refractivity contribution in [3.63, 3.8) is 0 Å². The predicted molar refractivity (Wildman–Crippen MR) is 303 cm³/mol. The number of benzene rings is 4. The number of halogens is 3. The van der Waals surface area contributed by atoms with Crippen molar-refractivity contribution in [2.24, 2.45) is 0 Å². The number of likely N-dealkylation sites (tertiary alicyclic amines) is 2. The quantitative estimate of drug-likeness (QED) is 0.111. The predicted octanol–water partition coefficient (Wildman–Crippen LogP) is 10.7. The largest absolute Gasteiger partial charge is 0.491 e. The SMILES string of the molecule is BrCc1cccnc1.CC(C)Oc1cccc(CN2CC[C@@]3(C[C@@H]2C)CN(Cc2ccccn2)S(=O)(=O)N3c2cccc(F)c2)c1.CC(C)Oc1cccc(CN2CC[C@]3(CNS(=O)(=O)N3c3cccc(F)c3)C[C@@H]2C)c1. The second-order valence-electron chi connectivity index (χ2n) is 21.0. The fourth-order valence-electron chi connectivity index (χ4n) is 11.1. The number of hydrogen-bond acceptors (Lipinski definition) is 10. The zero-order valence-corrected chi connectivity index (χ0v) is 47.9. The van der Waals surface area contributed by atoms with Gasteiger partial charge in [0.2, 0.25) is 0 Å². The van der Waals surface area contributed by atoms with E-state index in [2.05, 4.69) is 78.5 Å². The highest BCUT2D eigenvalue weighted by Gasteiger charge is 2.57. The van der Waals surface area contributed by atoms with E-state index in [1.54, 1.807) is 36.7 Å². The Morgan fingerprint density at radius 1 is 0.649 bits per heavy atom. The Morgan fingerprint density at radius 3 is 1.69 bits per heavy atom. The standard InChI is InChI=1S/C29H35FN4O3S.C23H30FN3O3S.C6H6BrN/c1-22(2)37-28-12-6-8-24(16-28)19-32-15-13-29(18-23(32)3)21-33(20-26-10-4-5-14-31-26)38(35,36)34(29)27-11-7-9-25(30)17-27;1-17(2)30-22-9-4-6-19(12-22)15-26-11-10-23(14-18(26)3)16-25-31(28,29)27(23)21-8-5-7-20(24)13-21;7-4-6-2-1-3-8-5-6/h4-12,14,16-17,22-23H,13,15,18-21H2,1-3H3;4-9,12-13,17-18,25H,10-11,14-16H2,1-3H3;1-3,5H,4H2/t23-,29+;18-,23+;/m00./s1. The second kappa shape index (κ2) is 25.1. The maximum Gasteiger partial charge on any atom is 0.305 e. The molecule has 0 radical (unpaired) electrons. The van der Waals surface area contributed by atoms with Gasteiger partial charge < -0.3 is 9.47 Å². The van der Waals surface area contributed by atoms with Crippen LogP contribution in [0.2, 0.25) is 0 Å². The number of anilines is 2. The third-order valence-electron chi connectivity index (χ3n) is 14.4. The molecule has 0 amide bonds. The van der Waals surface area contributed by atoms with Crippen molar-refractivity contribution < 1.29 is 35.1 Å². The molecule has 1 N–H and O–H groups in total. The van der Waals surface area contributed by atoms with Crippen LogP contribution in [0.1, 0.15) is 89.6 Å². The minimum atomic E-state index is -3.90. The van der Waals surface area contributed by atoms with Crippen LogP contribution in [0, 0.1) is 11.6 Å². The van der Waals surface area contributed by atoms with E-state index < -0.39 is 43.1 Å². The Labute approximate surface area is 462 Å². The molecule has 4 fully saturated rings. The number of rotatable bonds is 13. The van der Waals surface area contributed by atoms with E-state index in [0.717, 1.165) is 48.6 Å². The molecule has 4 saturated heterocycles. The first-order valence-electron chi connectivity index (χ1n) is 26.2. The zero-order valence-electron chi connectivity index (χ0n) is 44.7. The second-order valence-corrected chi connectivity index (χ2v) is 25.0. The summed E-state index contributed by atoms with van der Waals surface area (Å²) in [7, 11) is -7.60. The summed E-state index contributed by atoms with van der Waals surface area (Å²) in [6, 6.07) is 37.7. The van der Waals surface area contributed by atoms with Crippen LogP contribution in [0.3, 0.4) is 0 Å². The van der Waals surface area contributed by atoms with Crippen LogP contribution in [-0.2, 0) is 45.4 Å². The van der Waals surface area contributed by atoms with Gasteiger partial charge in [0.15, 0.2) is 0 Å². The maximum absolute atomic E-state index is 14.3. The normalized spacial score (nSPS) is 23.2. The summed E-state index contributed by atoms with van der Waals surface area (Å²) in [4.78, 5) is 13.0. The number of alkyl halides is 1. The molecular weight excluding hydrogens is 1090 g/mol. The number of nitrogens with zero attached hydrogens (tertiary/aromatic N) is 7. The molecule has 19 heteroatoms. The van der Waals surface area contributed by atoms with Gasteiger partial charge in [-0.3, -0.25) is 24.1 Å². The van der Waals surface area contributed by atoms with Crippen molar-refractivity contribution in [3.05, 3.63) is 180 Å². The molecule has 10 rings (SSSR count). The summed E-state index contributed by atoms with van der Waals surface area (Å²) < 4.78 is 100. The molecule has 77 heavy (non-hydrogen) atoms. The Morgan fingerprint density at radius 2 is 1.19 bits per heavy atom. The number of piperidine rings is 2. The first-order valence-corrected chi connectivity index (χ1v) is 30.2. The molecule has 4 atom stereocenters. The Balaban J connectivity index is 0.000000180. The number of aromatic nitrogens is 2. The molecule has 4 aliphatic heterocycles. The van der Waals surface area contributed by atoms with E-state index in [1.165, 1.54) is 48.3 Å². The lowest BCUT2D eigenvalue weighted by atomic mass is 9.82.